The van der Waals surface area contributed by atoms with E-state index in [4.69, 9.17) is 10.3 Å². The molecule has 82 valence electrons. The molecule has 1 aromatic rings. The average molecular weight is 277 g/mol. The summed E-state index contributed by atoms with van der Waals surface area (Å²) in [5.74, 6) is -2.92. The number of aromatic carboxylic acids is 1. The molecule has 1 rings (SSSR count). The predicted octanol–water partition coefficient (Wildman–Crippen LogP) is -8.04. The Morgan fingerprint density at radius 2 is 1.76 bits per heavy atom. The molecule has 0 aliphatic heterocycles. The third-order valence-electron chi connectivity index (χ3n) is 1.61. The average Bonchev–Trinajstić information content (AvgIpc) is 2.06. The van der Waals surface area contributed by atoms with Crippen LogP contribution in [0.15, 0.2) is 17.0 Å². The largest absolute Gasteiger partial charge is 1.00 e. The first-order valence-corrected chi connectivity index (χ1v) is 4.97. The Morgan fingerprint density at radius 1 is 1.29 bits per heavy atom. The van der Waals surface area contributed by atoms with Gasteiger partial charge in [-0.3, -0.25) is 4.55 Å². The number of nitrogens with two attached hydrogens (primary N) is 1. The molecule has 0 amide bonds. The fourth-order valence-corrected chi connectivity index (χ4v) is 1.47. The minimum absolute atomic E-state index is 0. The van der Waals surface area contributed by atoms with Gasteiger partial charge in [-0.1, -0.05) is 5.75 Å². The number of carboxylic acid groups (broad SMARTS) is 1. The van der Waals surface area contributed by atoms with Crippen LogP contribution in [0.1, 0.15) is 10.4 Å². The van der Waals surface area contributed by atoms with E-state index in [2.05, 4.69) is 0 Å². The van der Waals surface area contributed by atoms with Crippen LogP contribution in [0.3, 0.4) is 0 Å². The van der Waals surface area contributed by atoms with Crippen molar-refractivity contribution in [3.63, 3.8) is 0 Å². The van der Waals surface area contributed by atoms with E-state index < -0.39 is 38.0 Å². The van der Waals surface area contributed by atoms with Gasteiger partial charge in [0.2, 0.25) is 0 Å². The first-order chi connectivity index (χ1) is 6.73. The molecule has 0 heterocycles. The maximum atomic E-state index is 11.1. The molecule has 0 radical (unpaired) electrons. The molecule has 0 fully saturated rings. The van der Waals surface area contributed by atoms with Crippen molar-refractivity contribution >= 4 is 21.8 Å². The quantitative estimate of drug-likeness (QED) is 0.310. The zero-order valence-corrected chi connectivity index (χ0v) is 13.9. The van der Waals surface area contributed by atoms with Gasteiger partial charge in [-0.05, 0) is 17.7 Å². The Morgan fingerprint density at radius 3 is 2.12 bits per heavy atom. The van der Waals surface area contributed by atoms with Gasteiger partial charge in [0.25, 0.3) is 10.1 Å². The van der Waals surface area contributed by atoms with Crippen LogP contribution in [0.5, 0.6) is 5.75 Å². The van der Waals surface area contributed by atoms with Crippen LogP contribution in [-0.4, -0.2) is 18.9 Å². The van der Waals surface area contributed by atoms with Crippen LogP contribution in [0, 0.1) is 0 Å². The molecule has 0 saturated carbocycles. The van der Waals surface area contributed by atoms with Crippen LogP contribution < -0.4 is 75.1 Å². The molecule has 0 aliphatic rings. The van der Waals surface area contributed by atoms with Gasteiger partial charge in [-0.15, -0.1) is 0 Å². The molecule has 0 atom stereocenters. The summed E-state index contributed by atoms with van der Waals surface area (Å²) >= 11 is 0. The summed E-state index contributed by atoms with van der Waals surface area (Å²) < 4.78 is 29.9. The number of hydrogen-bond donors (Lipinski definition) is 2. The van der Waals surface area contributed by atoms with Crippen LogP contribution in [0.4, 0.5) is 5.69 Å². The van der Waals surface area contributed by atoms with Gasteiger partial charge in [-0.25, -0.2) is 0 Å². The van der Waals surface area contributed by atoms with Gasteiger partial charge in [0, 0.05) is 5.69 Å². The molecule has 0 unspecified atom stereocenters. The summed E-state index contributed by atoms with van der Waals surface area (Å²) in [4.78, 5) is 9.65. The molecule has 7 nitrogen and oxygen atoms in total. The minimum atomic E-state index is -4.61. The Labute approximate surface area is 141 Å². The summed E-state index contributed by atoms with van der Waals surface area (Å²) in [7, 11) is -4.61. The first kappa shape index (κ1) is 19.5. The molecule has 1 aromatic carbocycles. The minimum Gasteiger partial charge on any atom is -0.871 e. The topological polar surface area (TPSA) is 144 Å². The fraction of sp³-hybridized carbons (Fsp3) is 0. The van der Waals surface area contributed by atoms with Gasteiger partial charge in [0.1, 0.15) is 0 Å². The molecule has 0 bridgehead atoms. The number of carboxylic acids is 1. The molecule has 0 aliphatic carbocycles. The van der Waals surface area contributed by atoms with E-state index >= 15 is 0 Å². The van der Waals surface area contributed by atoms with Gasteiger partial charge < -0.3 is 20.7 Å². The van der Waals surface area contributed by atoms with Crippen molar-refractivity contribution in [2.75, 3.05) is 5.73 Å². The molecule has 0 aromatic heterocycles. The van der Waals surface area contributed by atoms with E-state index in [1.165, 1.54) is 0 Å². The Balaban J connectivity index is 0. The third kappa shape index (κ3) is 4.76. The molecular formula is C7H5NNa2O6S. The summed E-state index contributed by atoms with van der Waals surface area (Å²) in [5.41, 5.74) is 3.57. The summed E-state index contributed by atoms with van der Waals surface area (Å²) in [6, 6.07) is 1.16. The van der Waals surface area contributed by atoms with Crippen molar-refractivity contribution in [1.82, 2.24) is 0 Å². The van der Waals surface area contributed by atoms with Crippen LogP contribution in [-0.2, 0) is 10.1 Å². The Kier molecular flexibility index (Phi) is 7.99. The number of anilines is 1. The number of rotatable bonds is 2. The van der Waals surface area contributed by atoms with E-state index in [1.807, 2.05) is 0 Å². The van der Waals surface area contributed by atoms with E-state index in [0.717, 1.165) is 0 Å². The van der Waals surface area contributed by atoms with Crippen molar-refractivity contribution in [2.45, 2.75) is 4.90 Å². The van der Waals surface area contributed by atoms with Gasteiger partial charge in [-0.2, -0.15) is 8.42 Å². The number of hydrogen-bond acceptors (Lipinski definition) is 6. The van der Waals surface area contributed by atoms with Gasteiger partial charge in [0.05, 0.1) is 10.9 Å². The normalized spacial score (nSPS) is 9.94. The maximum Gasteiger partial charge on any atom is 1.00 e. The standard InChI is InChI=1S/C7H7NO6S.2Na/c8-5-2-3(15(12,13)14)1-4(6(5)9)7(10)11;;/h1-2,9H,8H2,(H,10,11)(H,12,13,14);;/q;2*+1/p-2. The molecule has 3 N–H and O–H groups in total. The van der Waals surface area contributed by atoms with Crippen molar-refractivity contribution < 1.29 is 87.1 Å². The van der Waals surface area contributed by atoms with Crippen molar-refractivity contribution in [3.05, 3.63) is 17.7 Å². The monoisotopic (exact) mass is 277 g/mol. The molecule has 0 saturated heterocycles. The Bertz CT molecular complexity index is 529. The first-order valence-electron chi connectivity index (χ1n) is 3.53. The van der Waals surface area contributed by atoms with Gasteiger partial charge >= 0.3 is 59.1 Å². The molecule has 0 spiro atoms. The van der Waals surface area contributed by atoms with E-state index in [-0.39, 0.29) is 59.1 Å². The number of carbonyl (C=O) groups excluding carboxylic acids is 1. The number of benzene rings is 1. The molecule has 17 heavy (non-hydrogen) atoms. The van der Waals surface area contributed by atoms with E-state index in [1.54, 1.807) is 0 Å². The van der Waals surface area contributed by atoms with Crippen LogP contribution in [0.25, 0.3) is 0 Å². The SMILES string of the molecule is Nc1cc(S(=O)(=O)O)cc(C(=O)[O-])c1[O-].[Na+].[Na+]. The van der Waals surface area contributed by atoms with Crippen LogP contribution in [0.2, 0.25) is 0 Å². The van der Waals surface area contributed by atoms with E-state index in [0.29, 0.717) is 12.1 Å². The third-order valence-corrected chi connectivity index (χ3v) is 2.44. The number of carbonyl (C=O) groups is 1. The van der Waals surface area contributed by atoms with E-state index in [9.17, 15) is 23.4 Å². The summed E-state index contributed by atoms with van der Waals surface area (Å²) in [6.07, 6.45) is 0. The number of nitrogen functional groups attached to an aromatic ring is 1. The van der Waals surface area contributed by atoms with Gasteiger partial charge in [0.15, 0.2) is 0 Å². The molecule has 10 heteroatoms. The molecular weight excluding hydrogens is 272 g/mol. The zero-order valence-electron chi connectivity index (χ0n) is 9.13. The Hall–Kier alpha value is 0.200. The van der Waals surface area contributed by atoms with Crippen molar-refractivity contribution in [1.29, 1.82) is 0 Å². The second-order valence-electron chi connectivity index (χ2n) is 2.65. The fourth-order valence-electron chi connectivity index (χ4n) is 0.924. The van der Waals surface area contributed by atoms with Crippen molar-refractivity contribution in [3.8, 4) is 5.75 Å². The van der Waals surface area contributed by atoms with Crippen molar-refractivity contribution in [2.24, 2.45) is 0 Å². The predicted molar refractivity (Wildman–Crippen MR) is 44.4 cm³/mol. The smallest absolute Gasteiger partial charge is 0.871 e. The summed E-state index contributed by atoms with van der Waals surface area (Å²) in [6.45, 7) is 0. The second-order valence-corrected chi connectivity index (χ2v) is 4.07. The second kappa shape index (κ2) is 6.95. The summed E-state index contributed by atoms with van der Waals surface area (Å²) in [5, 5.41) is 21.5. The maximum absolute atomic E-state index is 11.1. The zero-order chi connectivity index (χ0) is 11.8. The van der Waals surface area contributed by atoms with Crippen LogP contribution >= 0.6 is 0 Å².